The van der Waals surface area contributed by atoms with Crippen molar-refractivity contribution in [3.63, 3.8) is 0 Å². The Morgan fingerprint density at radius 1 is 1.10 bits per heavy atom. The molecule has 0 amide bonds. The molecule has 3 rings (SSSR count). The lowest BCUT2D eigenvalue weighted by Gasteiger charge is -2.38. The van der Waals surface area contributed by atoms with Gasteiger partial charge in [-0.25, -0.2) is 0 Å². The third-order valence-corrected chi connectivity index (χ3v) is 5.07. The summed E-state index contributed by atoms with van der Waals surface area (Å²) < 4.78 is 1.21. The fraction of sp³-hybridized carbons (Fsp3) is 0.625. The fourth-order valence-electron chi connectivity index (χ4n) is 3.71. The molecule has 1 saturated carbocycles. The molecular formula is C16H25BrCl2N2. The topological polar surface area (TPSA) is 15.3 Å². The molecule has 21 heavy (non-hydrogen) atoms. The van der Waals surface area contributed by atoms with Gasteiger partial charge in [-0.1, -0.05) is 40.9 Å². The highest BCUT2D eigenvalue weighted by atomic mass is 79.9. The Labute approximate surface area is 149 Å². The summed E-state index contributed by atoms with van der Waals surface area (Å²) in [6.07, 6.45) is 5.64. The first-order chi connectivity index (χ1) is 9.34. The van der Waals surface area contributed by atoms with E-state index in [1.807, 2.05) is 0 Å². The first-order valence-electron chi connectivity index (χ1n) is 7.55. The molecule has 2 aliphatic rings. The van der Waals surface area contributed by atoms with Crippen molar-refractivity contribution >= 4 is 40.7 Å². The Morgan fingerprint density at radius 2 is 1.76 bits per heavy atom. The van der Waals surface area contributed by atoms with Crippen molar-refractivity contribution in [3.05, 3.63) is 34.3 Å². The number of nitrogens with zero attached hydrogens (tertiary/aromatic N) is 1. The smallest absolute Gasteiger partial charge is 0.0377 e. The van der Waals surface area contributed by atoms with Crippen LogP contribution in [0.25, 0.3) is 0 Å². The van der Waals surface area contributed by atoms with Crippen LogP contribution in [0.2, 0.25) is 0 Å². The van der Waals surface area contributed by atoms with Gasteiger partial charge in [0.2, 0.25) is 0 Å². The maximum atomic E-state index is 3.63. The van der Waals surface area contributed by atoms with Gasteiger partial charge in [-0.15, -0.1) is 24.8 Å². The van der Waals surface area contributed by atoms with Crippen LogP contribution in [0.15, 0.2) is 28.7 Å². The lowest BCUT2D eigenvalue weighted by Crippen LogP contribution is -2.46. The molecule has 0 aromatic heterocycles. The van der Waals surface area contributed by atoms with Crippen molar-refractivity contribution in [2.75, 3.05) is 26.2 Å². The first kappa shape index (κ1) is 19.2. The molecule has 1 aromatic rings. The number of hydrogen-bond donors (Lipinski definition) is 1. The summed E-state index contributed by atoms with van der Waals surface area (Å²) in [4.78, 5) is 2.70. The van der Waals surface area contributed by atoms with E-state index in [0.717, 1.165) is 19.0 Å². The summed E-state index contributed by atoms with van der Waals surface area (Å²) in [6, 6.07) is 9.58. The zero-order valence-corrected chi connectivity index (χ0v) is 15.5. The Morgan fingerprint density at radius 3 is 2.38 bits per heavy atom. The molecule has 120 valence electrons. The van der Waals surface area contributed by atoms with Gasteiger partial charge in [0.25, 0.3) is 0 Å². The highest BCUT2D eigenvalue weighted by Gasteiger charge is 2.31. The van der Waals surface area contributed by atoms with Crippen molar-refractivity contribution in [2.24, 2.45) is 5.92 Å². The minimum Gasteiger partial charge on any atom is -0.314 e. The SMILES string of the molecule is Brc1cccc([C@H](C2CCCC2)N2CCNCC2)c1.Cl.Cl. The molecule has 2 nitrogen and oxygen atoms in total. The third kappa shape index (κ3) is 4.84. The summed E-state index contributed by atoms with van der Waals surface area (Å²) >= 11 is 3.63. The standard InChI is InChI=1S/C16H23BrN2.2ClH/c17-15-7-3-6-14(12-15)16(13-4-1-2-5-13)19-10-8-18-9-11-19;;/h3,6-7,12-13,16,18H,1-2,4-5,8-11H2;2*1H/t16-;;/m0../s1. The molecule has 5 heteroatoms. The van der Waals surface area contributed by atoms with Crippen LogP contribution >= 0.6 is 40.7 Å². The monoisotopic (exact) mass is 394 g/mol. The van der Waals surface area contributed by atoms with Crippen LogP contribution in [-0.4, -0.2) is 31.1 Å². The van der Waals surface area contributed by atoms with Crippen molar-refractivity contribution in [1.29, 1.82) is 0 Å². The molecule has 1 aromatic carbocycles. The first-order valence-corrected chi connectivity index (χ1v) is 8.34. The second-order valence-electron chi connectivity index (χ2n) is 5.83. The van der Waals surface area contributed by atoms with E-state index < -0.39 is 0 Å². The molecule has 0 radical (unpaired) electrons. The number of halogens is 3. The van der Waals surface area contributed by atoms with Gasteiger partial charge in [0.05, 0.1) is 0 Å². The van der Waals surface area contributed by atoms with Crippen LogP contribution in [0.1, 0.15) is 37.3 Å². The lowest BCUT2D eigenvalue weighted by atomic mass is 9.90. The molecule has 0 spiro atoms. The second-order valence-corrected chi connectivity index (χ2v) is 6.75. The van der Waals surface area contributed by atoms with E-state index in [4.69, 9.17) is 0 Å². The molecule has 1 N–H and O–H groups in total. The van der Waals surface area contributed by atoms with Crippen molar-refractivity contribution in [1.82, 2.24) is 10.2 Å². The summed E-state index contributed by atoms with van der Waals surface area (Å²) in [6.45, 7) is 4.65. The molecule has 1 heterocycles. The van der Waals surface area contributed by atoms with Gasteiger partial charge in [0.15, 0.2) is 0 Å². The summed E-state index contributed by atoms with van der Waals surface area (Å²) in [5.74, 6) is 0.854. The molecular weight excluding hydrogens is 371 g/mol. The van der Waals surface area contributed by atoms with Gasteiger partial charge in [-0.2, -0.15) is 0 Å². The molecule has 1 saturated heterocycles. The zero-order valence-electron chi connectivity index (χ0n) is 12.3. The second kappa shape index (κ2) is 9.36. The van der Waals surface area contributed by atoms with Crippen LogP contribution in [0.5, 0.6) is 0 Å². The van der Waals surface area contributed by atoms with Crippen LogP contribution in [0.4, 0.5) is 0 Å². The number of piperazine rings is 1. The summed E-state index contributed by atoms with van der Waals surface area (Å²) in [5.41, 5.74) is 1.50. The fourth-order valence-corrected chi connectivity index (χ4v) is 4.12. The molecule has 0 bridgehead atoms. The molecule has 1 aliphatic carbocycles. The average molecular weight is 396 g/mol. The van der Waals surface area contributed by atoms with Gasteiger partial charge < -0.3 is 5.32 Å². The summed E-state index contributed by atoms with van der Waals surface area (Å²) in [5, 5.41) is 3.47. The van der Waals surface area contributed by atoms with E-state index in [2.05, 4.69) is 50.4 Å². The van der Waals surface area contributed by atoms with Crippen LogP contribution < -0.4 is 5.32 Å². The van der Waals surface area contributed by atoms with Crippen molar-refractivity contribution < 1.29 is 0 Å². The van der Waals surface area contributed by atoms with Crippen LogP contribution in [-0.2, 0) is 0 Å². The van der Waals surface area contributed by atoms with Crippen LogP contribution in [0, 0.1) is 5.92 Å². The van der Waals surface area contributed by atoms with E-state index in [1.54, 1.807) is 0 Å². The van der Waals surface area contributed by atoms with Gasteiger partial charge in [-0.3, -0.25) is 4.90 Å². The minimum atomic E-state index is 0. The predicted octanol–water partition coefficient (Wildman–Crippen LogP) is 4.43. The zero-order chi connectivity index (χ0) is 13.1. The normalized spacial score (nSPS) is 21.4. The number of rotatable bonds is 3. The summed E-state index contributed by atoms with van der Waals surface area (Å²) in [7, 11) is 0. The maximum absolute atomic E-state index is 3.63. The Kier molecular flexibility index (Phi) is 8.58. The van der Waals surface area contributed by atoms with Crippen molar-refractivity contribution in [2.45, 2.75) is 31.7 Å². The lowest BCUT2D eigenvalue weighted by molar-refractivity contribution is 0.125. The van der Waals surface area contributed by atoms with Gasteiger partial charge in [0.1, 0.15) is 0 Å². The highest BCUT2D eigenvalue weighted by Crippen LogP contribution is 2.40. The Hall–Kier alpha value is 0.200. The van der Waals surface area contributed by atoms with E-state index in [-0.39, 0.29) is 24.8 Å². The van der Waals surface area contributed by atoms with E-state index >= 15 is 0 Å². The van der Waals surface area contributed by atoms with Gasteiger partial charge >= 0.3 is 0 Å². The van der Waals surface area contributed by atoms with E-state index in [1.165, 1.54) is 48.8 Å². The van der Waals surface area contributed by atoms with E-state index in [0.29, 0.717) is 6.04 Å². The van der Waals surface area contributed by atoms with E-state index in [9.17, 15) is 0 Å². The molecule has 1 aliphatic heterocycles. The minimum absolute atomic E-state index is 0. The van der Waals surface area contributed by atoms with Gasteiger partial charge in [-0.05, 0) is 36.5 Å². The molecule has 2 fully saturated rings. The van der Waals surface area contributed by atoms with Gasteiger partial charge in [0, 0.05) is 36.7 Å². The molecule has 0 unspecified atom stereocenters. The third-order valence-electron chi connectivity index (χ3n) is 4.58. The van der Waals surface area contributed by atoms with Crippen LogP contribution in [0.3, 0.4) is 0 Å². The largest absolute Gasteiger partial charge is 0.314 e. The number of nitrogens with one attached hydrogen (secondary N) is 1. The molecule has 1 atom stereocenters. The maximum Gasteiger partial charge on any atom is 0.0377 e. The average Bonchev–Trinajstić information content (AvgIpc) is 2.94. The quantitative estimate of drug-likeness (QED) is 0.814. The predicted molar refractivity (Wildman–Crippen MR) is 97.8 cm³/mol. The Balaban J connectivity index is 0.00000110. The number of benzene rings is 1. The van der Waals surface area contributed by atoms with Crippen molar-refractivity contribution in [3.8, 4) is 0 Å². The number of hydrogen-bond acceptors (Lipinski definition) is 2. The Bertz CT molecular complexity index is 418. The highest BCUT2D eigenvalue weighted by molar-refractivity contribution is 9.10.